The highest BCUT2D eigenvalue weighted by Crippen LogP contribution is 2.49. The molecule has 2 aliphatic carbocycles. The summed E-state index contributed by atoms with van der Waals surface area (Å²) in [5, 5.41) is 11.9. The molecule has 1 amide bonds. The standard InChI is InChI=1S/C18H22N2O2/c1-12(17-9-13-5-6-15(17)7-13)20-18(21)11-22-16-4-2-3-14(8-16)10-19/h2-4,8,12-13,15,17H,5-7,9,11H2,1H3,(H,20,21)/t12-,13+,15+,17-/m1/s1. The molecule has 1 N–H and O–H groups in total. The quantitative estimate of drug-likeness (QED) is 0.909. The highest BCUT2D eigenvalue weighted by atomic mass is 16.5. The Balaban J connectivity index is 1.47. The first-order valence-electron chi connectivity index (χ1n) is 8.08. The molecule has 4 nitrogen and oxygen atoms in total. The second-order valence-corrected chi connectivity index (χ2v) is 6.62. The van der Waals surface area contributed by atoms with Gasteiger partial charge in [0.15, 0.2) is 6.61 Å². The topological polar surface area (TPSA) is 62.1 Å². The third kappa shape index (κ3) is 3.24. The Bertz CT molecular complexity index is 593. The summed E-state index contributed by atoms with van der Waals surface area (Å²) in [6.07, 6.45) is 5.31. The molecular weight excluding hydrogens is 276 g/mol. The van der Waals surface area contributed by atoms with Crippen molar-refractivity contribution in [2.24, 2.45) is 17.8 Å². The van der Waals surface area contributed by atoms with Crippen LogP contribution < -0.4 is 10.1 Å². The number of hydrogen-bond donors (Lipinski definition) is 1. The van der Waals surface area contributed by atoms with Crippen LogP contribution >= 0.6 is 0 Å². The lowest BCUT2D eigenvalue weighted by Crippen LogP contribution is -2.42. The molecule has 0 radical (unpaired) electrons. The van der Waals surface area contributed by atoms with E-state index >= 15 is 0 Å². The smallest absolute Gasteiger partial charge is 0.258 e. The minimum absolute atomic E-state index is 0.0000368. The number of nitrogens with one attached hydrogen (secondary N) is 1. The Morgan fingerprint density at radius 1 is 1.45 bits per heavy atom. The number of ether oxygens (including phenoxy) is 1. The van der Waals surface area contributed by atoms with E-state index in [1.807, 2.05) is 0 Å². The molecule has 0 aliphatic heterocycles. The zero-order valence-corrected chi connectivity index (χ0v) is 12.9. The third-order valence-corrected chi connectivity index (χ3v) is 5.16. The average molecular weight is 298 g/mol. The minimum atomic E-state index is -0.0855. The van der Waals surface area contributed by atoms with E-state index in [1.165, 1.54) is 25.7 Å². The van der Waals surface area contributed by atoms with Crippen molar-refractivity contribution in [3.05, 3.63) is 29.8 Å². The average Bonchev–Trinajstić information content (AvgIpc) is 3.16. The van der Waals surface area contributed by atoms with E-state index < -0.39 is 0 Å². The summed E-state index contributed by atoms with van der Waals surface area (Å²) in [6, 6.07) is 9.15. The fourth-order valence-electron chi connectivity index (χ4n) is 4.11. The number of nitriles is 1. The number of amides is 1. The lowest BCUT2D eigenvalue weighted by Gasteiger charge is -2.28. The molecule has 0 saturated heterocycles. The van der Waals surface area contributed by atoms with Crippen molar-refractivity contribution in [3.8, 4) is 11.8 Å². The fraction of sp³-hybridized carbons (Fsp3) is 0.556. The highest BCUT2D eigenvalue weighted by Gasteiger charge is 2.42. The number of rotatable bonds is 5. The van der Waals surface area contributed by atoms with Gasteiger partial charge in [-0.05, 0) is 62.1 Å². The van der Waals surface area contributed by atoms with Gasteiger partial charge in [0.05, 0.1) is 11.6 Å². The highest BCUT2D eigenvalue weighted by molar-refractivity contribution is 5.77. The fourth-order valence-corrected chi connectivity index (χ4v) is 4.11. The molecule has 116 valence electrons. The molecule has 2 saturated carbocycles. The lowest BCUT2D eigenvalue weighted by molar-refractivity contribution is -0.124. The predicted molar refractivity (Wildman–Crippen MR) is 83.2 cm³/mol. The summed E-state index contributed by atoms with van der Waals surface area (Å²) in [5.74, 6) is 2.79. The summed E-state index contributed by atoms with van der Waals surface area (Å²) >= 11 is 0. The van der Waals surface area contributed by atoms with Gasteiger partial charge in [-0.3, -0.25) is 4.79 Å². The molecule has 1 aromatic carbocycles. The zero-order valence-electron chi connectivity index (χ0n) is 12.9. The maximum atomic E-state index is 12.0. The number of carbonyl (C=O) groups is 1. The third-order valence-electron chi connectivity index (χ3n) is 5.16. The van der Waals surface area contributed by atoms with Crippen molar-refractivity contribution < 1.29 is 9.53 Å². The van der Waals surface area contributed by atoms with Gasteiger partial charge >= 0.3 is 0 Å². The van der Waals surface area contributed by atoms with Gasteiger partial charge in [0.25, 0.3) is 5.91 Å². The number of carbonyl (C=O) groups excluding carboxylic acids is 1. The van der Waals surface area contributed by atoms with Crippen molar-refractivity contribution in [1.82, 2.24) is 5.32 Å². The van der Waals surface area contributed by atoms with E-state index in [9.17, 15) is 4.79 Å². The number of nitrogens with zero attached hydrogens (tertiary/aromatic N) is 1. The van der Waals surface area contributed by atoms with E-state index in [1.54, 1.807) is 24.3 Å². The van der Waals surface area contributed by atoms with Crippen molar-refractivity contribution in [1.29, 1.82) is 5.26 Å². The predicted octanol–water partition coefficient (Wildman–Crippen LogP) is 2.88. The summed E-state index contributed by atoms with van der Waals surface area (Å²) in [5.41, 5.74) is 0.535. The molecule has 2 bridgehead atoms. The Morgan fingerprint density at radius 3 is 3.00 bits per heavy atom. The first kappa shape index (κ1) is 14.9. The molecule has 0 spiro atoms. The van der Waals surface area contributed by atoms with Gasteiger partial charge in [-0.25, -0.2) is 0 Å². The van der Waals surface area contributed by atoms with Crippen LogP contribution in [0, 0.1) is 29.1 Å². The minimum Gasteiger partial charge on any atom is -0.484 e. The summed E-state index contributed by atoms with van der Waals surface area (Å²) in [6.45, 7) is 2.11. The molecule has 4 atom stereocenters. The number of hydrogen-bond acceptors (Lipinski definition) is 3. The van der Waals surface area contributed by atoms with E-state index in [4.69, 9.17) is 10.00 Å². The molecule has 0 unspecified atom stereocenters. The molecular formula is C18H22N2O2. The summed E-state index contributed by atoms with van der Waals surface area (Å²) in [4.78, 5) is 12.0. The molecule has 2 aliphatic rings. The monoisotopic (exact) mass is 298 g/mol. The normalized spacial score (nSPS) is 27.2. The molecule has 4 heteroatoms. The van der Waals surface area contributed by atoms with Crippen molar-refractivity contribution >= 4 is 5.91 Å². The van der Waals surface area contributed by atoms with Crippen LogP contribution in [0.15, 0.2) is 24.3 Å². The Kier molecular flexibility index (Phi) is 4.33. The van der Waals surface area contributed by atoms with Crippen LogP contribution in [0.1, 0.15) is 38.2 Å². The van der Waals surface area contributed by atoms with Crippen molar-refractivity contribution in [2.75, 3.05) is 6.61 Å². The van der Waals surface area contributed by atoms with Crippen molar-refractivity contribution in [3.63, 3.8) is 0 Å². The van der Waals surface area contributed by atoms with Gasteiger partial charge in [0, 0.05) is 6.04 Å². The largest absolute Gasteiger partial charge is 0.484 e. The Morgan fingerprint density at radius 2 is 2.32 bits per heavy atom. The molecule has 2 fully saturated rings. The van der Waals surface area contributed by atoms with Gasteiger partial charge in [-0.15, -0.1) is 0 Å². The molecule has 22 heavy (non-hydrogen) atoms. The maximum Gasteiger partial charge on any atom is 0.258 e. The number of fused-ring (bicyclic) bond motifs is 2. The Hall–Kier alpha value is -2.02. The van der Waals surface area contributed by atoms with Crippen LogP contribution in [-0.4, -0.2) is 18.6 Å². The van der Waals surface area contributed by atoms with Crippen LogP contribution in [0.5, 0.6) is 5.75 Å². The zero-order chi connectivity index (χ0) is 15.5. The van der Waals surface area contributed by atoms with Crippen molar-refractivity contribution in [2.45, 2.75) is 38.6 Å². The first-order valence-corrected chi connectivity index (χ1v) is 8.08. The summed E-state index contributed by atoms with van der Waals surface area (Å²) in [7, 11) is 0. The van der Waals surface area contributed by atoms with E-state index in [0.717, 1.165) is 11.8 Å². The second-order valence-electron chi connectivity index (χ2n) is 6.62. The number of benzene rings is 1. The van der Waals surface area contributed by atoms with Crippen LogP contribution in [0.3, 0.4) is 0 Å². The van der Waals surface area contributed by atoms with Gasteiger partial charge in [0.1, 0.15) is 5.75 Å². The maximum absolute atomic E-state index is 12.0. The molecule has 1 aromatic rings. The van der Waals surface area contributed by atoms with Gasteiger partial charge < -0.3 is 10.1 Å². The second kappa shape index (κ2) is 6.39. The van der Waals surface area contributed by atoms with Crippen LogP contribution in [0.4, 0.5) is 0 Å². The van der Waals surface area contributed by atoms with E-state index in [0.29, 0.717) is 17.2 Å². The van der Waals surface area contributed by atoms with Gasteiger partial charge in [-0.1, -0.05) is 12.5 Å². The van der Waals surface area contributed by atoms with Gasteiger partial charge in [0.2, 0.25) is 0 Å². The molecule has 0 heterocycles. The van der Waals surface area contributed by atoms with Crippen LogP contribution in [-0.2, 0) is 4.79 Å². The lowest BCUT2D eigenvalue weighted by atomic mass is 9.84. The van der Waals surface area contributed by atoms with Crippen LogP contribution in [0.25, 0.3) is 0 Å². The Labute approximate surface area is 131 Å². The van der Waals surface area contributed by atoms with Crippen LogP contribution in [0.2, 0.25) is 0 Å². The SMILES string of the molecule is C[C@@H](NC(=O)COc1cccc(C#N)c1)[C@H]1C[C@H]2CC[C@H]1C2. The van der Waals surface area contributed by atoms with Gasteiger partial charge in [-0.2, -0.15) is 5.26 Å². The van der Waals surface area contributed by atoms with E-state index in [-0.39, 0.29) is 18.6 Å². The molecule has 3 rings (SSSR count). The molecule has 0 aromatic heterocycles. The summed E-state index contributed by atoms with van der Waals surface area (Å²) < 4.78 is 5.47. The van der Waals surface area contributed by atoms with E-state index in [2.05, 4.69) is 18.3 Å². The first-order chi connectivity index (χ1) is 10.7.